The van der Waals surface area contributed by atoms with E-state index in [-0.39, 0.29) is 30.3 Å². The van der Waals surface area contributed by atoms with Crippen LogP contribution in [-0.4, -0.2) is 31.1 Å². The molecule has 0 bridgehead atoms. The van der Waals surface area contributed by atoms with E-state index in [1.165, 1.54) is 23.1 Å². The molecule has 1 aliphatic rings. The molecule has 2 aromatic carbocycles. The number of para-hydroxylation sites is 3. The second kappa shape index (κ2) is 8.22. The SMILES string of the molecule is O=C(Nc1ccccc1OCC(F)(F)F)C1CC(=O)N(c2ccccc2Br)C1. The van der Waals surface area contributed by atoms with Crippen LogP contribution in [0.25, 0.3) is 0 Å². The Labute approximate surface area is 167 Å². The van der Waals surface area contributed by atoms with Crippen LogP contribution in [0.15, 0.2) is 53.0 Å². The van der Waals surface area contributed by atoms with E-state index in [4.69, 9.17) is 4.74 Å². The molecule has 5 nitrogen and oxygen atoms in total. The van der Waals surface area contributed by atoms with Gasteiger partial charge >= 0.3 is 6.18 Å². The smallest absolute Gasteiger partial charge is 0.422 e. The number of carbonyl (C=O) groups excluding carboxylic acids is 2. The van der Waals surface area contributed by atoms with E-state index in [9.17, 15) is 22.8 Å². The first kappa shape index (κ1) is 20.2. The molecule has 0 aromatic heterocycles. The van der Waals surface area contributed by atoms with E-state index >= 15 is 0 Å². The highest BCUT2D eigenvalue weighted by Gasteiger charge is 2.36. The Hall–Kier alpha value is -2.55. The molecule has 2 amide bonds. The first-order chi connectivity index (χ1) is 13.2. The van der Waals surface area contributed by atoms with Gasteiger partial charge in [0.05, 0.1) is 17.3 Å². The normalized spacial score (nSPS) is 16.9. The average molecular weight is 457 g/mol. The van der Waals surface area contributed by atoms with Gasteiger partial charge in [0, 0.05) is 17.4 Å². The summed E-state index contributed by atoms with van der Waals surface area (Å²) in [5.41, 5.74) is 0.792. The van der Waals surface area contributed by atoms with E-state index in [2.05, 4.69) is 21.2 Å². The Balaban J connectivity index is 1.69. The summed E-state index contributed by atoms with van der Waals surface area (Å²) in [4.78, 5) is 26.5. The maximum atomic E-state index is 12.6. The monoisotopic (exact) mass is 456 g/mol. The van der Waals surface area contributed by atoms with Crippen LogP contribution in [-0.2, 0) is 9.59 Å². The van der Waals surface area contributed by atoms with Gasteiger partial charge in [0.2, 0.25) is 11.8 Å². The van der Waals surface area contributed by atoms with E-state index in [1.54, 1.807) is 24.3 Å². The number of carbonyl (C=O) groups is 2. The summed E-state index contributed by atoms with van der Waals surface area (Å²) in [5, 5.41) is 2.57. The molecule has 1 heterocycles. The molecule has 148 valence electrons. The van der Waals surface area contributed by atoms with Crippen molar-refractivity contribution in [3.8, 4) is 5.75 Å². The predicted octanol–water partition coefficient (Wildman–Crippen LogP) is 4.38. The number of benzene rings is 2. The zero-order chi connectivity index (χ0) is 20.3. The number of amides is 2. The Bertz CT molecular complexity index is 889. The van der Waals surface area contributed by atoms with Gasteiger partial charge in [0.25, 0.3) is 0 Å². The van der Waals surface area contributed by atoms with Crippen molar-refractivity contribution in [3.05, 3.63) is 53.0 Å². The summed E-state index contributed by atoms with van der Waals surface area (Å²) in [6.45, 7) is -1.28. The van der Waals surface area contributed by atoms with Crippen LogP contribution in [0.4, 0.5) is 24.5 Å². The molecule has 1 atom stereocenters. The Kier molecular flexibility index (Phi) is 5.93. The van der Waals surface area contributed by atoms with E-state index in [0.29, 0.717) is 5.69 Å². The first-order valence-corrected chi connectivity index (χ1v) is 9.18. The van der Waals surface area contributed by atoms with Crippen molar-refractivity contribution in [1.29, 1.82) is 0 Å². The van der Waals surface area contributed by atoms with Crippen molar-refractivity contribution in [2.45, 2.75) is 12.6 Å². The molecule has 0 spiro atoms. The van der Waals surface area contributed by atoms with Gasteiger partial charge < -0.3 is 15.0 Å². The summed E-state index contributed by atoms with van der Waals surface area (Å²) in [6.07, 6.45) is -4.47. The molecule has 0 radical (unpaired) electrons. The van der Waals surface area contributed by atoms with Crippen molar-refractivity contribution < 1.29 is 27.5 Å². The van der Waals surface area contributed by atoms with Crippen LogP contribution in [0.3, 0.4) is 0 Å². The van der Waals surface area contributed by atoms with Crippen molar-refractivity contribution in [1.82, 2.24) is 0 Å². The highest BCUT2D eigenvalue weighted by molar-refractivity contribution is 9.10. The number of ether oxygens (including phenoxy) is 1. The fourth-order valence-electron chi connectivity index (χ4n) is 2.88. The van der Waals surface area contributed by atoms with Gasteiger partial charge in [-0.1, -0.05) is 24.3 Å². The number of rotatable bonds is 5. The van der Waals surface area contributed by atoms with Gasteiger partial charge in [0.1, 0.15) is 5.75 Å². The van der Waals surface area contributed by atoms with Gasteiger partial charge in [-0.15, -0.1) is 0 Å². The highest BCUT2D eigenvalue weighted by atomic mass is 79.9. The summed E-state index contributed by atoms with van der Waals surface area (Å²) in [5.74, 6) is -1.37. The topological polar surface area (TPSA) is 58.6 Å². The standard InChI is InChI=1S/C19H16BrF3N2O3/c20-13-5-1-3-7-15(13)25-10-12(9-17(25)26)18(27)24-14-6-2-4-8-16(14)28-11-19(21,22)23/h1-8,12H,9-11H2,(H,24,27). The summed E-state index contributed by atoms with van der Waals surface area (Å²) in [6, 6.07) is 13.0. The number of halogens is 4. The van der Waals surface area contributed by atoms with Gasteiger partial charge in [-0.2, -0.15) is 13.2 Å². The van der Waals surface area contributed by atoms with Crippen molar-refractivity contribution in [3.63, 3.8) is 0 Å². The zero-order valence-electron chi connectivity index (χ0n) is 14.5. The third-order valence-corrected chi connectivity index (χ3v) is 4.85. The van der Waals surface area contributed by atoms with Gasteiger partial charge in [-0.3, -0.25) is 9.59 Å². The Morgan fingerprint density at radius 2 is 1.86 bits per heavy atom. The van der Waals surface area contributed by atoms with Gasteiger partial charge in [-0.25, -0.2) is 0 Å². The van der Waals surface area contributed by atoms with Crippen LogP contribution < -0.4 is 15.0 Å². The fourth-order valence-corrected chi connectivity index (χ4v) is 3.38. The lowest BCUT2D eigenvalue weighted by Crippen LogP contribution is -2.28. The van der Waals surface area contributed by atoms with Crippen LogP contribution in [0.1, 0.15) is 6.42 Å². The van der Waals surface area contributed by atoms with Gasteiger partial charge in [-0.05, 0) is 40.2 Å². The molecule has 1 saturated heterocycles. The number of anilines is 2. The molecule has 1 aliphatic heterocycles. The Morgan fingerprint density at radius 1 is 1.18 bits per heavy atom. The van der Waals surface area contributed by atoms with Crippen molar-refractivity contribution in [2.24, 2.45) is 5.92 Å². The number of nitrogens with zero attached hydrogens (tertiary/aromatic N) is 1. The number of hydrogen-bond donors (Lipinski definition) is 1. The lowest BCUT2D eigenvalue weighted by molar-refractivity contribution is -0.153. The molecule has 1 unspecified atom stereocenters. The molecular weight excluding hydrogens is 441 g/mol. The van der Waals surface area contributed by atoms with Crippen molar-refractivity contribution >= 4 is 39.1 Å². The van der Waals surface area contributed by atoms with E-state index in [0.717, 1.165) is 4.47 Å². The molecule has 1 fully saturated rings. The lowest BCUT2D eigenvalue weighted by Gasteiger charge is -2.18. The average Bonchev–Trinajstić information content (AvgIpc) is 3.02. The Morgan fingerprint density at radius 3 is 2.57 bits per heavy atom. The largest absolute Gasteiger partial charge is 0.482 e. The molecule has 2 aromatic rings. The third kappa shape index (κ3) is 4.83. The van der Waals surface area contributed by atoms with Crippen LogP contribution >= 0.6 is 15.9 Å². The van der Waals surface area contributed by atoms with Crippen molar-refractivity contribution in [2.75, 3.05) is 23.4 Å². The predicted molar refractivity (Wildman–Crippen MR) is 101 cm³/mol. The van der Waals surface area contributed by atoms with Crippen LogP contribution in [0, 0.1) is 5.92 Å². The molecular formula is C19H16BrF3N2O3. The quantitative estimate of drug-likeness (QED) is 0.725. The minimum absolute atomic E-state index is 0.0126. The minimum atomic E-state index is -4.49. The molecule has 1 N–H and O–H groups in total. The number of hydrogen-bond acceptors (Lipinski definition) is 3. The van der Waals surface area contributed by atoms with Crippen LogP contribution in [0.5, 0.6) is 5.75 Å². The second-order valence-electron chi connectivity index (χ2n) is 6.25. The molecule has 0 aliphatic carbocycles. The number of alkyl halides is 3. The molecule has 9 heteroatoms. The number of nitrogens with one attached hydrogen (secondary N) is 1. The lowest BCUT2D eigenvalue weighted by atomic mass is 10.1. The van der Waals surface area contributed by atoms with Crippen LogP contribution in [0.2, 0.25) is 0 Å². The summed E-state index contributed by atoms with van der Waals surface area (Å²) < 4.78 is 42.7. The minimum Gasteiger partial charge on any atom is -0.482 e. The molecule has 3 rings (SSSR count). The maximum absolute atomic E-state index is 12.6. The third-order valence-electron chi connectivity index (χ3n) is 4.18. The second-order valence-corrected chi connectivity index (χ2v) is 7.10. The molecule has 0 saturated carbocycles. The summed E-state index contributed by atoms with van der Waals surface area (Å²) >= 11 is 3.38. The maximum Gasteiger partial charge on any atom is 0.422 e. The highest BCUT2D eigenvalue weighted by Crippen LogP contribution is 2.32. The zero-order valence-corrected chi connectivity index (χ0v) is 16.1. The van der Waals surface area contributed by atoms with Gasteiger partial charge in [0.15, 0.2) is 6.61 Å². The summed E-state index contributed by atoms with van der Waals surface area (Å²) in [7, 11) is 0. The first-order valence-electron chi connectivity index (χ1n) is 8.39. The fraction of sp³-hybridized carbons (Fsp3) is 0.263. The van der Waals surface area contributed by atoms with E-state index in [1.807, 2.05) is 6.07 Å². The van der Waals surface area contributed by atoms with E-state index < -0.39 is 24.6 Å². The molecule has 28 heavy (non-hydrogen) atoms.